The summed E-state index contributed by atoms with van der Waals surface area (Å²) in [5, 5.41) is 9.51. The molecule has 1 amide bonds. The predicted octanol–water partition coefficient (Wildman–Crippen LogP) is 0.423. The van der Waals surface area contributed by atoms with Crippen molar-refractivity contribution in [2.45, 2.75) is 19.8 Å². The molecule has 0 aromatic carbocycles. The van der Waals surface area contributed by atoms with Crippen molar-refractivity contribution in [3.63, 3.8) is 0 Å². The number of nitrogen functional groups attached to an aromatic ring is 1. The van der Waals surface area contributed by atoms with E-state index in [1.807, 2.05) is 32.8 Å². The minimum absolute atomic E-state index is 0.207. The number of rotatable bonds is 8. The molecule has 0 unspecified atom stereocenters. The summed E-state index contributed by atoms with van der Waals surface area (Å²) in [6.45, 7) is 6.40. The van der Waals surface area contributed by atoms with E-state index < -0.39 is 0 Å². The first-order valence-corrected chi connectivity index (χ1v) is 6.77. The van der Waals surface area contributed by atoms with Gasteiger partial charge in [0, 0.05) is 13.1 Å². The van der Waals surface area contributed by atoms with Gasteiger partial charge in [-0.25, -0.2) is 0 Å². The van der Waals surface area contributed by atoms with E-state index in [4.69, 9.17) is 10.5 Å². The third-order valence-electron chi connectivity index (χ3n) is 2.84. The highest BCUT2D eigenvalue weighted by molar-refractivity contribution is 5.97. The molecule has 20 heavy (non-hydrogen) atoms. The van der Waals surface area contributed by atoms with Crippen LogP contribution in [-0.4, -0.2) is 61.4 Å². The molecular weight excluding hydrogens is 258 g/mol. The summed E-state index contributed by atoms with van der Waals surface area (Å²) in [5.41, 5.74) is 7.36. The van der Waals surface area contributed by atoms with Gasteiger partial charge in [0.15, 0.2) is 5.69 Å². The lowest BCUT2D eigenvalue weighted by atomic mass is 10.1. The topological polar surface area (TPSA) is 96.3 Å². The van der Waals surface area contributed by atoms with E-state index in [0.29, 0.717) is 25.4 Å². The number of likely N-dealkylation sites (N-methyl/N-ethyl adjacent to an activating group) is 1. The number of hydrogen-bond donors (Lipinski definition) is 3. The summed E-state index contributed by atoms with van der Waals surface area (Å²) in [7, 11) is 3.97. The lowest BCUT2D eigenvalue weighted by Crippen LogP contribution is -2.29. The van der Waals surface area contributed by atoms with Gasteiger partial charge in [0.25, 0.3) is 5.91 Å². The lowest BCUT2D eigenvalue weighted by Gasteiger charge is -2.10. The van der Waals surface area contributed by atoms with Crippen molar-refractivity contribution in [3.05, 3.63) is 11.4 Å². The molecule has 7 nitrogen and oxygen atoms in total. The molecular formula is C13H25N5O2. The number of H-pyrrole nitrogens is 1. The Balaban J connectivity index is 2.33. The molecule has 1 heterocycles. The fourth-order valence-electron chi connectivity index (χ4n) is 1.65. The number of anilines is 1. The van der Waals surface area contributed by atoms with Crippen molar-refractivity contribution in [1.82, 2.24) is 20.4 Å². The normalized spacial score (nSPS) is 11.3. The van der Waals surface area contributed by atoms with Crippen LogP contribution < -0.4 is 11.1 Å². The lowest BCUT2D eigenvalue weighted by molar-refractivity contribution is 0.0896. The van der Waals surface area contributed by atoms with E-state index in [1.165, 1.54) is 0 Å². The molecule has 7 heteroatoms. The fraction of sp³-hybridized carbons (Fsp3) is 0.692. The first kappa shape index (κ1) is 16.5. The second-order valence-corrected chi connectivity index (χ2v) is 5.23. The maximum absolute atomic E-state index is 11.9. The van der Waals surface area contributed by atoms with Crippen LogP contribution in [0.5, 0.6) is 0 Å². The first-order valence-electron chi connectivity index (χ1n) is 6.77. The van der Waals surface area contributed by atoms with E-state index in [-0.39, 0.29) is 17.5 Å². The van der Waals surface area contributed by atoms with Crippen LogP contribution in [0.4, 0.5) is 5.69 Å². The molecule has 1 aromatic rings. The predicted molar refractivity (Wildman–Crippen MR) is 78.8 cm³/mol. The zero-order chi connectivity index (χ0) is 15.1. The molecule has 114 valence electrons. The van der Waals surface area contributed by atoms with Crippen LogP contribution in [0, 0.1) is 0 Å². The van der Waals surface area contributed by atoms with E-state index in [0.717, 1.165) is 12.2 Å². The van der Waals surface area contributed by atoms with Gasteiger partial charge < -0.3 is 20.7 Å². The monoisotopic (exact) mass is 283 g/mol. The molecule has 0 aliphatic heterocycles. The van der Waals surface area contributed by atoms with Crippen molar-refractivity contribution in [1.29, 1.82) is 0 Å². The van der Waals surface area contributed by atoms with Crippen LogP contribution in [0.3, 0.4) is 0 Å². The van der Waals surface area contributed by atoms with Gasteiger partial charge in [-0.2, -0.15) is 5.10 Å². The van der Waals surface area contributed by atoms with Crippen LogP contribution in [0.25, 0.3) is 0 Å². The number of amides is 1. The molecule has 1 aromatic heterocycles. The third-order valence-corrected chi connectivity index (χ3v) is 2.84. The maximum atomic E-state index is 11.9. The molecule has 1 rings (SSSR count). The highest BCUT2D eigenvalue weighted by atomic mass is 16.5. The van der Waals surface area contributed by atoms with Gasteiger partial charge in [0.1, 0.15) is 0 Å². The van der Waals surface area contributed by atoms with Crippen molar-refractivity contribution in [2.75, 3.05) is 46.1 Å². The van der Waals surface area contributed by atoms with Gasteiger partial charge in [0.05, 0.1) is 24.6 Å². The number of ether oxygens (including phenoxy) is 1. The summed E-state index contributed by atoms with van der Waals surface area (Å²) in [6, 6.07) is 0. The number of nitrogens with zero attached hydrogens (tertiary/aromatic N) is 2. The second-order valence-electron chi connectivity index (χ2n) is 5.23. The Morgan fingerprint density at radius 3 is 2.70 bits per heavy atom. The number of aromatic nitrogens is 2. The highest BCUT2D eigenvalue weighted by Gasteiger charge is 2.18. The Labute approximate surface area is 119 Å². The Kier molecular flexibility index (Phi) is 6.47. The number of carbonyl (C=O) groups excluding carboxylic acids is 1. The number of aromatic amines is 1. The molecule has 0 aliphatic carbocycles. The Bertz CT molecular complexity index is 428. The number of carbonyl (C=O) groups is 1. The number of nitrogens with one attached hydrogen (secondary N) is 2. The van der Waals surface area contributed by atoms with Gasteiger partial charge in [-0.15, -0.1) is 0 Å². The minimum atomic E-state index is -0.276. The molecule has 0 atom stereocenters. The molecule has 0 saturated heterocycles. The van der Waals surface area contributed by atoms with Gasteiger partial charge in [-0.3, -0.25) is 9.89 Å². The molecule has 0 radical (unpaired) electrons. The second kappa shape index (κ2) is 7.86. The standard InChI is InChI=1S/C13H25N5O2/c1-9(2)11-10(14)12(17-16-11)13(19)15-5-7-20-8-6-18(3)4/h9H,5-8,14H2,1-4H3,(H,15,19)(H,16,17). The smallest absolute Gasteiger partial charge is 0.274 e. The van der Waals surface area contributed by atoms with Crippen LogP contribution in [0.1, 0.15) is 35.9 Å². The van der Waals surface area contributed by atoms with E-state index >= 15 is 0 Å². The molecule has 0 bridgehead atoms. The summed E-state index contributed by atoms with van der Waals surface area (Å²) in [6.07, 6.45) is 0. The number of hydrogen-bond acceptors (Lipinski definition) is 5. The Morgan fingerprint density at radius 1 is 1.45 bits per heavy atom. The number of nitrogens with two attached hydrogens (primary N) is 1. The first-order chi connectivity index (χ1) is 9.43. The largest absolute Gasteiger partial charge is 0.395 e. The van der Waals surface area contributed by atoms with Gasteiger partial charge in [-0.1, -0.05) is 13.8 Å². The van der Waals surface area contributed by atoms with Crippen molar-refractivity contribution in [3.8, 4) is 0 Å². The van der Waals surface area contributed by atoms with Gasteiger partial charge >= 0.3 is 0 Å². The summed E-state index contributed by atoms with van der Waals surface area (Å²) in [4.78, 5) is 13.9. The maximum Gasteiger partial charge on any atom is 0.274 e. The van der Waals surface area contributed by atoms with Crippen molar-refractivity contribution in [2.24, 2.45) is 0 Å². The Hall–Kier alpha value is -1.60. The molecule has 0 spiro atoms. The Morgan fingerprint density at radius 2 is 2.15 bits per heavy atom. The highest BCUT2D eigenvalue weighted by Crippen LogP contribution is 2.21. The average molecular weight is 283 g/mol. The van der Waals surface area contributed by atoms with Gasteiger partial charge in [0.2, 0.25) is 0 Å². The molecule has 0 aliphatic rings. The van der Waals surface area contributed by atoms with Crippen molar-refractivity contribution < 1.29 is 9.53 Å². The van der Waals surface area contributed by atoms with Crippen LogP contribution in [-0.2, 0) is 4.74 Å². The zero-order valence-electron chi connectivity index (χ0n) is 12.7. The quantitative estimate of drug-likeness (QED) is 0.601. The summed E-state index contributed by atoms with van der Waals surface area (Å²) in [5.74, 6) is -0.0692. The fourth-order valence-corrected chi connectivity index (χ4v) is 1.65. The average Bonchev–Trinajstić information content (AvgIpc) is 2.75. The van der Waals surface area contributed by atoms with E-state index in [2.05, 4.69) is 15.5 Å². The minimum Gasteiger partial charge on any atom is -0.395 e. The molecule has 0 saturated carbocycles. The van der Waals surface area contributed by atoms with E-state index in [1.54, 1.807) is 0 Å². The summed E-state index contributed by atoms with van der Waals surface area (Å²) >= 11 is 0. The third kappa shape index (κ3) is 4.82. The van der Waals surface area contributed by atoms with Crippen LogP contribution in [0.2, 0.25) is 0 Å². The van der Waals surface area contributed by atoms with E-state index in [9.17, 15) is 4.79 Å². The summed E-state index contributed by atoms with van der Waals surface area (Å²) < 4.78 is 5.39. The van der Waals surface area contributed by atoms with Crippen LogP contribution in [0.15, 0.2) is 0 Å². The van der Waals surface area contributed by atoms with Crippen molar-refractivity contribution >= 4 is 11.6 Å². The van der Waals surface area contributed by atoms with Gasteiger partial charge in [-0.05, 0) is 20.0 Å². The SMILES string of the molecule is CC(C)c1[nH]nc(C(=O)NCCOCCN(C)C)c1N. The zero-order valence-corrected chi connectivity index (χ0v) is 12.7. The molecule has 4 N–H and O–H groups in total. The van der Waals surface area contributed by atoms with Crippen LogP contribution >= 0.6 is 0 Å². The molecule has 0 fully saturated rings.